The van der Waals surface area contributed by atoms with Crippen molar-refractivity contribution in [3.63, 3.8) is 0 Å². The predicted octanol–water partition coefficient (Wildman–Crippen LogP) is 3.35. The molecule has 0 saturated heterocycles. The first-order valence-corrected chi connectivity index (χ1v) is 7.90. The minimum atomic E-state index is -3.89. The van der Waals surface area contributed by atoms with Crippen molar-refractivity contribution in [3.05, 3.63) is 39.7 Å². The van der Waals surface area contributed by atoms with E-state index >= 15 is 0 Å². The molecule has 1 N–H and O–H groups in total. The van der Waals surface area contributed by atoms with Gasteiger partial charge in [-0.05, 0) is 25.5 Å². The summed E-state index contributed by atoms with van der Waals surface area (Å²) >= 11 is 6.51. The summed E-state index contributed by atoms with van der Waals surface area (Å²) in [4.78, 5) is 3.83. The molecule has 0 unspecified atom stereocenters. The van der Waals surface area contributed by atoms with Crippen LogP contribution in [-0.4, -0.2) is 13.4 Å². The molecule has 19 heavy (non-hydrogen) atoms. The topological polar surface area (TPSA) is 59.1 Å². The molecule has 1 aromatic heterocycles. The van der Waals surface area contributed by atoms with Gasteiger partial charge in [0.25, 0.3) is 10.0 Å². The molecule has 0 spiro atoms. The van der Waals surface area contributed by atoms with Crippen LogP contribution < -0.4 is 4.72 Å². The molecule has 8 heteroatoms. The van der Waals surface area contributed by atoms with Gasteiger partial charge in [0.1, 0.15) is 5.82 Å². The number of para-hydroxylation sites is 1. The number of benzene rings is 1. The van der Waals surface area contributed by atoms with Crippen LogP contribution in [0.25, 0.3) is 0 Å². The Bertz CT molecular complexity index is 708. The monoisotopic (exact) mass is 320 g/mol. The van der Waals surface area contributed by atoms with E-state index in [1.807, 2.05) is 0 Å². The third-order valence-electron chi connectivity index (χ3n) is 2.43. The second-order valence-electron chi connectivity index (χ2n) is 3.88. The number of aryl methyl sites for hydroxylation is 2. The van der Waals surface area contributed by atoms with E-state index in [1.54, 1.807) is 13.0 Å². The van der Waals surface area contributed by atoms with Gasteiger partial charge in [-0.2, -0.15) is 0 Å². The fraction of sp³-hybridized carbons (Fsp3) is 0.182. The lowest BCUT2D eigenvalue weighted by Crippen LogP contribution is -2.14. The van der Waals surface area contributed by atoms with E-state index in [-0.39, 0.29) is 20.1 Å². The van der Waals surface area contributed by atoms with E-state index in [4.69, 9.17) is 11.6 Å². The largest absolute Gasteiger partial charge is 0.276 e. The van der Waals surface area contributed by atoms with Gasteiger partial charge in [0, 0.05) is 0 Å². The lowest BCUT2D eigenvalue weighted by atomic mass is 10.2. The van der Waals surface area contributed by atoms with E-state index in [1.165, 1.54) is 19.1 Å². The molecule has 0 fully saturated rings. The van der Waals surface area contributed by atoms with E-state index in [0.29, 0.717) is 5.56 Å². The Morgan fingerprint density at radius 2 is 2.05 bits per heavy atom. The number of nitrogens with zero attached hydrogens (tertiary/aromatic N) is 1. The maximum atomic E-state index is 13.6. The molecule has 2 rings (SSSR count). The van der Waals surface area contributed by atoms with Crippen LogP contribution >= 0.6 is 22.9 Å². The summed E-state index contributed by atoms with van der Waals surface area (Å²) in [6.07, 6.45) is 0. The molecule has 0 atom stereocenters. The van der Waals surface area contributed by atoms with Crippen LogP contribution in [0.5, 0.6) is 0 Å². The first kappa shape index (κ1) is 14.2. The van der Waals surface area contributed by atoms with E-state index in [9.17, 15) is 12.8 Å². The quantitative estimate of drug-likeness (QED) is 0.943. The molecule has 2 aromatic rings. The van der Waals surface area contributed by atoms with Crippen LogP contribution in [0.1, 0.15) is 11.3 Å². The Kier molecular flexibility index (Phi) is 3.80. The van der Waals surface area contributed by atoms with Crippen molar-refractivity contribution in [2.24, 2.45) is 0 Å². The average Bonchev–Trinajstić information content (AvgIpc) is 2.64. The average molecular weight is 321 g/mol. The number of thiazole rings is 1. The van der Waals surface area contributed by atoms with Gasteiger partial charge in [-0.25, -0.2) is 17.8 Å². The second-order valence-corrected chi connectivity index (χ2v) is 7.34. The molecule has 1 heterocycles. The van der Waals surface area contributed by atoms with E-state index in [2.05, 4.69) is 9.71 Å². The lowest BCUT2D eigenvalue weighted by molar-refractivity contribution is 0.599. The number of anilines is 1. The van der Waals surface area contributed by atoms with Crippen LogP contribution in [0.4, 0.5) is 10.1 Å². The summed E-state index contributed by atoms with van der Waals surface area (Å²) in [5, 5.41) is 0. The van der Waals surface area contributed by atoms with Crippen LogP contribution in [0, 0.1) is 19.7 Å². The van der Waals surface area contributed by atoms with Crippen molar-refractivity contribution in [1.29, 1.82) is 0 Å². The highest BCUT2D eigenvalue weighted by atomic mass is 35.5. The fourth-order valence-electron chi connectivity index (χ4n) is 1.54. The number of nitrogens with one attached hydrogen (secondary N) is 1. The highest BCUT2D eigenvalue weighted by molar-refractivity contribution is 7.94. The van der Waals surface area contributed by atoms with Gasteiger partial charge >= 0.3 is 0 Å². The van der Waals surface area contributed by atoms with E-state index < -0.39 is 15.8 Å². The number of rotatable bonds is 3. The summed E-state index contributed by atoms with van der Waals surface area (Å²) in [6.45, 7) is 3.15. The highest BCUT2D eigenvalue weighted by Gasteiger charge is 2.23. The molecule has 0 saturated carbocycles. The summed E-state index contributed by atoms with van der Waals surface area (Å²) in [6, 6.07) is 4.32. The van der Waals surface area contributed by atoms with E-state index in [0.717, 1.165) is 11.3 Å². The summed E-state index contributed by atoms with van der Waals surface area (Å²) in [7, 11) is -3.89. The molecule has 0 aliphatic rings. The number of halogens is 2. The Morgan fingerprint density at radius 1 is 1.37 bits per heavy atom. The molecule has 0 bridgehead atoms. The molecule has 102 valence electrons. The molecule has 1 aromatic carbocycles. The number of hydrogen-bond acceptors (Lipinski definition) is 4. The molecular formula is C11H10ClFN2O2S2. The number of aromatic nitrogens is 1. The minimum Gasteiger partial charge on any atom is -0.276 e. The van der Waals surface area contributed by atoms with Crippen molar-refractivity contribution in [1.82, 2.24) is 4.98 Å². The van der Waals surface area contributed by atoms with Crippen molar-refractivity contribution in [3.8, 4) is 0 Å². The third-order valence-corrected chi connectivity index (χ3v) is 5.65. The molecule has 0 aliphatic carbocycles. The zero-order valence-corrected chi connectivity index (χ0v) is 12.5. The summed E-state index contributed by atoms with van der Waals surface area (Å²) in [5.74, 6) is -0.628. The van der Waals surface area contributed by atoms with Gasteiger partial charge in [0.05, 0.1) is 11.4 Å². The van der Waals surface area contributed by atoms with Gasteiger partial charge in [-0.3, -0.25) is 4.72 Å². The van der Waals surface area contributed by atoms with Crippen LogP contribution in [-0.2, 0) is 10.0 Å². The molecule has 0 amide bonds. The highest BCUT2D eigenvalue weighted by Crippen LogP contribution is 2.29. The molecule has 4 nitrogen and oxygen atoms in total. The number of sulfonamides is 1. The van der Waals surface area contributed by atoms with Crippen molar-refractivity contribution in [2.75, 3.05) is 4.72 Å². The van der Waals surface area contributed by atoms with Crippen LogP contribution in [0.15, 0.2) is 22.4 Å². The SMILES string of the molecule is Cc1cccc(F)c1NS(=O)(=O)c1sc(Cl)nc1C. The van der Waals surface area contributed by atoms with Crippen LogP contribution in [0.2, 0.25) is 4.47 Å². The maximum absolute atomic E-state index is 13.6. The van der Waals surface area contributed by atoms with Crippen molar-refractivity contribution in [2.45, 2.75) is 18.1 Å². The fourth-order valence-corrected chi connectivity index (χ4v) is 4.42. The molecular weight excluding hydrogens is 311 g/mol. The molecule has 0 radical (unpaired) electrons. The smallest absolute Gasteiger partial charge is 0.273 e. The van der Waals surface area contributed by atoms with Crippen LogP contribution in [0.3, 0.4) is 0 Å². The summed E-state index contributed by atoms with van der Waals surface area (Å²) < 4.78 is 40.3. The lowest BCUT2D eigenvalue weighted by Gasteiger charge is -2.10. The first-order valence-electron chi connectivity index (χ1n) is 5.22. The maximum Gasteiger partial charge on any atom is 0.273 e. The van der Waals surface area contributed by atoms with Gasteiger partial charge in [-0.1, -0.05) is 35.1 Å². The Morgan fingerprint density at radius 3 is 2.58 bits per heavy atom. The Labute approximate surface area is 119 Å². The zero-order valence-electron chi connectivity index (χ0n) is 10.1. The van der Waals surface area contributed by atoms with Gasteiger partial charge in [0.2, 0.25) is 0 Å². The predicted molar refractivity (Wildman–Crippen MR) is 73.8 cm³/mol. The Balaban J connectivity index is 2.45. The van der Waals surface area contributed by atoms with Gasteiger partial charge < -0.3 is 0 Å². The van der Waals surface area contributed by atoms with Crippen molar-refractivity contribution >= 4 is 38.6 Å². The normalized spacial score (nSPS) is 11.6. The van der Waals surface area contributed by atoms with Gasteiger partial charge in [-0.15, -0.1) is 0 Å². The third kappa shape index (κ3) is 2.88. The van der Waals surface area contributed by atoms with Crippen molar-refractivity contribution < 1.29 is 12.8 Å². The zero-order chi connectivity index (χ0) is 14.2. The minimum absolute atomic E-state index is 0.0137. The van der Waals surface area contributed by atoms with Gasteiger partial charge in [0.15, 0.2) is 8.68 Å². The first-order chi connectivity index (χ1) is 8.81. The number of hydrogen-bond donors (Lipinski definition) is 1. The Hall–Kier alpha value is -1.18. The standard InChI is InChI=1S/C11H10ClFN2O2S2/c1-6-4-3-5-8(13)9(6)15-19(16,17)10-7(2)14-11(12)18-10/h3-5,15H,1-2H3. The molecule has 0 aliphatic heterocycles. The summed E-state index contributed by atoms with van der Waals surface area (Å²) in [5.41, 5.74) is 0.722. The second kappa shape index (κ2) is 5.07.